The predicted molar refractivity (Wildman–Crippen MR) is 56.7 cm³/mol. The fourth-order valence-corrected chi connectivity index (χ4v) is 1.85. The molecule has 0 unspecified atom stereocenters. The van der Waals surface area contributed by atoms with Crippen LogP contribution >= 0.6 is 22.9 Å². The van der Waals surface area contributed by atoms with E-state index in [0.717, 1.165) is 18.8 Å². The largest absolute Gasteiger partial charge is 0.334 e. The summed E-state index contributed by atoms with van der Waals surface area (Å²) in [7, 11) is 0. The number of amides is 1. The molecule has 1 amide bonds. The number of fused-ring (bicyclic) bond motifs is 1. The fraction of sp³-hybridized carbons (Fsp3) is 0.500. The molecule has 1 aliphatic rings. The van der Waals surface area contributed by atoms with Gasteiger partial charge in [-0.2, -0.15) is 0 Å². The van der Waals surface area contributed by atoms with Gasteiger partial charge in [0.25, 0.3) is 5.91 Å². The van der Waals surface area contributed by atoms with E-state index in [4.69, 9.17) is 0 Å². The molecular formula is C8H10IN3O. The van der Waals surface area contributed by atoms with E-state index in [0.29, 0.717) is 5.69 Å². The highest BCUT2D eigenvalue weighted by Gasteiger charge is 2.15. The summed E-state index contributed by atoms with van der Waals surface area (Å²) in [6.45, 7) is 0.997. The highest BCUT2D eigenvalue weighted by molar-refractivity contribution is 14.1. The van der Waals surface area contributed by atoms with Crippen LogP contribution in [0.3, 0.4) is 0 Å². The third-order valence-corrected chi connectivity index (χ3v) is 2.72. The van der Waals surface area contributed by atoms with Crippen LogP contribution < -0.4 is 3.53 Å². The molecule has 0 saturated carbocycles. The zero-order valence-corrected chi connectivity index (χ0v) is 9.24. The number of halogens is 1. The van der Waals surface area contributed by atoms with Crippen molar-refractivity contribution in [2.75, 3.05) is 0 Å². The standard InChI is InChI=1S/C8H10IN3O/c9-11-8(13)6-5-12-4-2-1-3-7(12)10-6/h5H,1-4H2,(H,11,13). The Hall–Kier alpha value is -0.590. The summed E-state index contributed by atoms with van der Waals surface area (Å²) in [4.78, 5) is 15.5. The third-order valence-electron chi connectivity index (χ3n) is 2.23. The van der Waals surface area contributed by atoms with Gasteiger partial charge in [-0.05, 0) is 12.8 Å². The molecule has 4 nitrogen and oxygen atoms in total. The summed E-state index contributed by atoms with van der Waals surface area (Å²) in [6, 6.07) is 0. The maximum Gasteiger partial charge on any atom is 0.280 e. The molecule has 0 spiro atoms. The summed E-state index contributed by atoms with van der Waals surface area (Å²) in [6.07, 6.45) is 5.20. The molecule has 0 bridgehead atoms. The summed E-state index contributed by atoms with van der Waals surface area (Å²) in [5.41, 5.74) is 0.534. The minimum absolute atomic E-state index is 0.109. The van der Waals surface area contributed by atoms with Crippen LogP contribution in [0.2, 0.25) is 0 Å². The van der Waals surface area contributed by atoms with Gasteiger partial charge < -0.3 is 4.57 Å². The summed E-state index contributed by atoms with van der Waals surface area (Å²) in [5.74, 6) is 0.934. The molecule has 1 N–H and O–H groups in total. The zero-order chi connectivity index (χ0) is 9.26. The van der Waals surface area contributed by atoms with E-state index in [1.54, 1.807) is 0 Å². The normalized spacial score (nSPS) is 15.2. The van der Waals surface area contributed by atoms with E-state index >= 15 is 0 Å². The SMILES string of the molecule is O=C(NI)c1cn2c(n1)CCCC2. The second kappa shape index (κ2) is 3.65. The van der Waals surface area contributed by atoms with E-state index in [1.165, 1.54) is 12.8 Å². The Morgan fingerprint density at radius 1 is 1.62 bits per heavy atom. The van der Waals surface area contributed by atoms with E-state index in [-0.39, 0.29) is 5.91 Å². The lowest BCUT2D eigenvalue weighted by molar-refractivity contribution is 0.0985. The van der Waals surface area contributed by atoms with Crippen LogP contribution in [0.15, 0.2) is 6.20 Å². The van der Waals surface area contributed by atoms with Crippen molar-refractivity contribution in [2.24, 2.45) is 0 Å². The number of carbonyl (C=O) groups is 1. The molecule has 13 heavy (non-hydrogen) atoms. The number of carbonyl (C=O) groups excluding carboxylic acids is 1. The molecule has 5 heteroatoms. The number of aromatic nitrogens is 2. The van der Waals surface area contributed by atoms with Crippen LogP contribution in [0.25, 0.3) is 0 Å². The zero-order valence-electron chi connectivity index (χ0n) is 7.09. The maximum atomic E-state index is 11.2. The van der Waals surface area contributed by atoms with Crippen molar-refractivity contribution in [1.82, 2.24) is 13.1 Å². The maximum absolute atomic E-state index is 11.2. The highest BCUT2D eigenvalue weighted by atomic mass is 127. The Morgan fingerprint density at radius 2 is 2.46 bits per heavy atom. The fourth-order valence-electron chi connectivity index (χ4n) is 1.57. The molecule has 2 heterocycles. The first-order valence-electron chi connectivity index (χ1n) is 4.28. The predicted octanol–water partition coefficient (Wildman–Crippen LogP) is 1.30. The van der Waals surface area contributed by atoms with Crippen molar-refractivity contribution in [3.63, 3.8) is 0 Å². The topological polar surface area (TPSA) is 46.9 Å². The Kier molecular flexibility index (Phi) is 2.52. The van der Waals surface area contributed by atoms with Crippen LogP contribution in [0.5, 0.6) is 0 Å². The number of hydrogen-bond acceptors (Lipinski definition) is 2. The molecule has 0 fully saturated rings. The van der Waals surface area contributed by atoms with Crippen LogP contribution in [-0.2, 0) is 13.0 Å². The molecule has 0 radical (unpaired) electrons. The number of hydrogen-bond donors (Lipinski definition) is 1. The van der Waals surface area contributed by atoms with Gasteiger partial charge in [0.05, 0.1) is 22.9 Å². The molecule has 1 aliphatic heterocycles. The van der Waals surface area contributed by atoms with E-state index in [1.807, 2.05) is 29.1 Å². The number of imidazole rings is 1. The Morgan fingerprint density at radius 3 is 3.15 bits per heavy atom. The summed E-state index contributed by atoms with van der Waals surface area (Å²) in [5, 5.41) is 0. The smallest absolute Gasteiger partial charge is 0.280 e. The van der Waals surface area contributed by atoms with Gasteiger partial charge >= 0.3 is 0 Å². The van der Waals surface area contributed by atoms with Gasteiger partial charge in [-0.1, -0.05) is 0 Å². The molecule has 0 saturated heterocycles. The van der Waals surface area contributed by atoms with E-state index < -0.39 is 0 Å². The van der Waals surface area contributed by atoms with Crippen molar-refractivity contribution >= 4 is 28.8 Å². The highest BCUT2D eigenvalue weighted by Crippen LogP contribution is 2.14. The van der Waals surface area contributed by atoms with Crippen LogP contribution in [0.4, 0.5) is 0 Å². The quantitative estimate of drug-likeness (QED) is 0.626. The lowest BCUT2D eigenvalue weighted by atomic mass is 10.2. The van der Waals surface area contributed by atoms with Gasteiger partial charge in [-0.25, -0.2) is 4.98 Å². The van der Waals surface area contributed by atoms with E-state index in [2.05, 4.69) is 13.1 Å². The molecule has 2 rings (SSSR count). The van der Waals surface area contributed by atoms with Gasteiger partial charge in [0.2, 0.25) is 0 Å². The number of nitrogens with zero attached hydrogens (tertiary/aromatic N) is 2. The van der Waals surface area contributed by atoms with Crippen molar-refractivity contribution in [1.29, 1.82) is 0 Å². The molecule has 0 aliphatic carbocycles. The first kappa shape index (κ1) is 8.98. The number of aryl methyl sites for hydroxylation is 2. The van der Waals surface area contributed by atoms with Crippen LogP contribution in [-0.4, -0.2) is 15.5 Å². The lowest BCUT2D eigenvalue weighted by Gasteiger charge is -2.11. The van der Waals surface area contributed by atoms with Crippen LogP contribution in [0, 0.1) is 0 Å². The van der Waals surface area contributed by atoms with Gasteiger partial charge in [-0.15, -0.1) is 0 Å². The monoisotopic (exact) mass is 291 g/mol. The summed E-state index contributed by atoms with van der Waals surface area (Å²) < 4.78 is 4.62. The number of rotatable bonds is 1. The van der Waals surface area contributed by atoms with Crippen molar-refractivity contribution in [3.8, 4) is 0 Å². The second-order valence-corrected chi connectivity index (χ2v) is 3.66. The van der Waals surface area contributed by atoms with Gasteiger partial charge in [0.1, 0.15) is 11.5 Å². The average Bonchev–Trinajstić information content (AvgIpc) is 2.59. The molecule has 0 aromatic carbocycles. The van der Waals surface area contributed by atoms with Crippen LogP contribution in [0.1, 0.15) is 29.2 Å². The molecule has 70 valence electrons. The second-order valence-electron chi connectivity index (χ2n) is 3.12. The third kappa shape index (κ3) is 1.70. The molecule has 1 aromatic rings. The lowest BCUT2D eigenvalue weighted by Crippen LogP contribution is -2.11. The first-order valence-corrected chi connectivity index (χ1v) is 5.36. The van der Waals surface area contributed by atoms with Gasteiger partial charge in [0, 0.05) is 19.2 Å². The summed E-state index contributed by atoms with van der Waals surface area (Å²) >= 11 is 1.83. The van der Waals surface area contributed by atoms with Gasteiger partial charge in [-0.3, -0.25) is 8.32 Å². The molecule has 1 aromatic heterocycles. The Labute approximate surface area is 90.2 Å². The minimum atomic E-state index is -0.109. The van der Waals surface area contributed by atoms with Crippen molar-refractivity contribution in [3.05, 3.63) is 17.7 Å². The average molecular weight is 291 g/mol. The van der Waals surface area contributed by atoms with E-state index in [9.17, 15) is 4.79 Å². The molecule has 0 atom stereocenters. The Bertz CT molecular complexity index is 311. The van der Waals surface area contributed by atoms with Crippen molar-refractivity contribution < 1.29 is 4.79 Å². The van der Waals surface area contributed by atoms with Crippen molar-refractivity contribution in [2.45, 2.75) is 25.8 Å². The number of nitrogens with one attached hydrogen (secondary N) is 1. The van der Waals surface area contributed by atoms with Gasteiger partial charge in [0.15, 0.2) is 0 Å². The molecular weight excluding hydrogens is 281 g/mol. The first-order chi connectivity index (χ1) is 6.31. The Balaban J connectivity index is 2.30. The minimum Gasteiger partial charge on any atom is -0.334 e.